The minimum atomic E-state index is -0.846. The van der Waals surface area contributed by atoms with Crippen molar-refractivity contribution in [1.29, 1.82) is 0 Å². The van der Waals surface area contributed by atoms with E-state index in [4.69, 9.17) is 28.9 Å². The zero-order valence-electron chi connectivity index (χ0n) is 12.1. The van der Waals surface area contributed by atoms with Crippen molar-refractivity contribution in [3.05, 3.63) is 74.8 Å². The van der Waals surface area contributed by atoms with E-state index in [0.29, 0.717) is 27.0 Å². The number of nitrogens with zero attached hydrogens (tertiary/aromatic N) is 3. The van der Waals surface area contributed by atoms with Crippen molar-refractivity contribution >= 4 is 29.1 Å². The third-order valence-electron chi connectivity index (χ3n) is 3.25. The van der Waals surface area contributed by atoms with Crippen LogP contribution in [-0.4, -0.2) is 20.7 Å². The first-order valence-electron chi connectivity index (χ1n) is 6.77. The highest BCUT2D eigenvalue weighted by atomic mass is 35.5. The molecule has 0 aliphatic carbocycles. The molecule has 0 radical (unpaired) electrons. The molecule has 3 rings (SSSR count). The minimum Gasteiger partial charge on any atom is -0.365 e. The Kier molecular flexibility index (Phi) is 4.33. The summed E-state index contributed by atoms with van der Waals surface area (Å²) >= 11 is 11.8. The third-order valence-corrected chi connectivity index (χ3v) is 3.71. The first kappa shape index (κ1) is 16.2. The lowest BCUT2D eigenvalue weighted by atomic mass is 10.1. The molecule has 2 N–H and O–H groups in total. The van der Waals surface area contributed by atoms with Gasteiger partial charge in [-0.1, -0.05) is 35.3 Å². The number of carbonyl (C=O) groups is 1. The molecule has 6 nitrogen and oxygen atoms in total. The van der Waals surface area contributed by atoms with E-state index in [2.05, 4.69) is 10.1 Å². The molecular weight excluding hydrogens is 351 g/mol. The molecule has 0 unspecified atom stereocenters. The summed E-state index contributed by atoms with van der Waals surface area (Å²) in [7, 11) is 0. The molecule has 2 heterocycles. The molecule has 0 fully saturated rings. The van der Waals surface area contributed by atoms with Crippen molar-refractivity contribution in [1.82, 2.24) is 14.8 Å². The topological polar surface area (TPSA) is 90.9 Å². The second-order valence-corrected chi connectivity index (χ2v) is 5.77. The summed E-state index contributed by atoms with van der Waals surface area (Å²) in [5.74, 6) is -0.846. The van der Waals surface area contributed by atoms with Crippen LogP contribution in [0, 0.1) is 0 Å². The van der Waals surface area contributed by atoms with E-state index in [9.17, 15) is 9.59 Å². The van der Waals surface area contributed by atoms with Crippen molar-refractivity contribution in [3.63, 3.8) is 0 Å². The van der Waals surface area contributed by atoms with Gasteiger partial charge in [-0.2, -0.15) is 9.78 Å². The second kappa shape index (κ2) is 6.43. The molecule has 0 bridgehead atoms. The summed E-state index contributed by atoms with van der Waals surface area (Å²) in [6.07, 6.45) is 2.84. The van der Waals surface area contributed by atoms with Crippen LogP contribution in [0.1, 0.15) is 10.4 Å². The number of hydrogen-bond donors (Lipinski definition) is 1. The van der Waals surface area contributed by atoms with Crippen LogP contribution in [0.5, 0.6) is 0 Å². The number of nitrogens with two attached hydrogens (primary N) is 1. The molecular formula is C16H10Cl2N4O2. The van der Waals surface area contributed by atoms with Crippen LogP contribution in [-0.2, 0) is 0 Å². The Morgan fingerprint density at radius 2 is 1.75 bits per heavy atom. The highest BCUT2D eigenvalue weighted by molar-refractivity contribution is 6.30. The summed E-state index contributed by atoms with van der Waals surface area (Å²) in [5.41, 5.74) is 5.87. The summed E-state index contributed by atoms with van der Waals surface area (Å²) in [6.45, 7) is 0. The molecule has 24 heavy (non-hydrogen) atoms. The first-order valence-corrected chi connectivity index (χ1v) is 7.52. The van der Waals surface area contributed by atoms with Crippen LogP contribution in [0.25, 0.3) is 16.9 Å². The van der Waals surface area contributed by atoms with E-state index < -0.39 is 11.5 Å². The smallest absolute Gasteiger partial charge is 0.284 e. The maximum Gasteiger partial charge on any atom is 0.284 e. The van der Waals surface area contributed by atoms with E-state index in [1.165, 1.54) is 24.5 Å². The van der Waals surface area contributed by atoms with E-state index in [1.54, 1.807) is 24.3 Å². The number of rotatable bonds is 3. The summed E-state index contributed by atoms with van der Waals surface area (Å²) < 4.78 is 1.04. The molecule has 0 spiro atoms. The van der Waals surface area contributed by atoms with Gasteiger partial charge in [-0.25, -0.2) is 0 Å². The molecule has 0 aliphatic rings. The van der Waals surface area contributed by atoms with Crippen LogP contribution in [0.2, 0.25) is 10.0 Å². The normalized spacial score (nSPS) is 10.6. The number of hydrogen-bond acceptors (Lipinski definition) is 4. The van der Waals surface area contributed by atoms with Gasteiger partial charge in [-0.3, -0.25) is 14.6 Å². The second-order valence-electron chi connectivity index (χ2n) is 4.89. The molecule has 120 valence electrons. The predicted octanol–water partition coefficient (Wildman–Crippen LogP) is 2.70. The quantitative estimate of drug-likeness (QED) is 0.777. The zero-order chi connectivity index (χ0) is 17.3. The lowest BCUT2D eigenvalue weighted by Crippen LogP contribution is -2.30. The van der Waals surface area contributed by atoms with Crippen LogP contribution in [0.4, 0.5) is 0 Å². The van der Waals surface area contributed by atoms with E-state index in [1.807, 2.05) is 0 Å². The van der Waals surface area contributed by atoms with Gasteiger partial charge in [0.05, 0.1) is 22.6 Å². The van der Waals surface area contributed by atoms with Gasteiger partial charge in [0.2, 0.25) is 0 Å². The zero-order valence-corrected chi connectivity index (χ0v) is 13.6. The number of amides is 1. The largest absolute Gasteiger partial charge is 0.365 e. The van der Waals surface area contributed by atoms with Crippen molar-refractivity contribution < 1.29 is 4.79 Å². The Bertz CT molecular complexity index is 984. The number of benzene rings is 1. The van der Waals surface area contributed by atoms with Crippen molar-refractivity contribution in [2.24, 2.45) is 5.73 Å². The molecule has 3 aromatic rings. The summed E-state index contributed by atoms with van der Waals surface area (Å²) in [4.78, 5) is 28.0. The molecule has 0 aliphatic heterocycles. The average molecular weight is 361 g/mol. The standard InChI is InChI=1S/C16H10Cl2N4O2/c17-10-3-1-9(2-4-10)14-6-13(15(19)23)16(24)22(21-14)12-5-11(18)7-20-8-12/h1-8H,(H2,19,23). The van der Waals surface area contributed by atoms with Gasteiger partial charge >= 0.3 is 0 Å². The fourth-order valence-electron chi connectivity index (χ4n) is 2.12. The number of pyridine rings is 1. The van der Waals surface area contributed by atoms with Crippen LogP contribution in [0.15, 0.2) is 53.6 Å². The Hall–Kier alpha value is -2.70. The average Bonchev–Trinajstić information content (AvgIpc) is 2.55. The highest BCUT2D eigenvalue weighted by Crippen LogP contribution is 2.20. The highest BCUT2D eigenvalue weighted by Gasteiger charge is 2.15. The Balaban J connectivity index is 2.27. The van der Waals surface area contributed by atoms with Crippen LogP contribution in [0.3, 0.4) is 0 Å². The van der Waals surface area contributed by atoms with Gasteiger partial charge < -0.3 is 5.73 Å². The first-order chi connectivity index (χ1) is 11.5. The number of aromatic nitrogens is 3. The maximum absolute atomic E-state index is 12.5. The molecule has 0 atom stereocenters. The lowest BCUT2D eigenvalue weighted by molar-refractivity contribution is 0.0998. The number of carbonyl (C=O) groups excluding carboxylic acids is 1. The Morgan fingerprint density at radius 3 is 2.38 bits per heavy atom. The van der Waals surface area contributed by atoms with Gasteiger partial charge in [-0.15, -0.1) is 0 Å². The maximum atomic E-state index is 12.5. The van der Waals surface area contributed by atoms with E-state index in [-0.39, 0.29) is 5.56 Å². The van der Waals surface area contributed by atoms with E-state index >= 15 is 0 Å². The summed E-state index contributed by atoms with van der Waals surface area (Å²) in [6, 6.07) is 9.67. The predicted molar refractivity (Wildman–Crippen MR) is 91.6 cm³/mol. The molecule has 2 aromatic heterocycles. The minimum absolute atomic E-state index is 0.185. The van der Waals surface area contributed by atoms with Gasteiger partial charge in [0.15, 0.2) is 0 Å². The lowest BCUT2D eigenvalue weighted by Gasteiger charge is -2.09. The fraction of sp³-hybridized carbons (Fsp3) is 0. The van der Waals surface area contributed by atoms with E-state index in [0.717, 1.165) is 4.68 Å². The van der Waals surface area contributed by atoms with Gasteiger partial charge in [0.25, 0.3) is 11.5 Å². The van der Waals surface area contributed by atoms with Gasteiger partial charge in [-0.05, 0) is 24.3 Å². The van der Waals surface area contributed by atoms with Gasteiger partial charge in [0, 0.05) is 16.8 Å². The molecule has 1 amide bonds. The SMILES string of the molecule is NC(=O)c1cc(-c2ccc(Cl)cc2)nn(-c2cncc(Cl)c2)c1=O. The third kappa shape index (κ3) is 3.15. The van der Waals surface area contributed by atoms with Gasteiger partial charge in [0.1, 0.15) is 5.56 Å². The Morgan fingerprint density at radius 1 is 1.04 bits per heavy atom. The summed E-state index contributed by atoms with van der Waals surface area (Å²) in [5, 5.41) is 5.17. The van der Waals surface area contributed by atoms with Crippen molar-refractivity contribution in [2.75, 3.05) is 0 Å². The number of halogens is 2. The monoisotopic (exact) mass is 360 g/mol. The molecule has 0 saturated carbocycles. The van der Waals surface area contributed by atoms with Crippen molar-refractivity contribution in [3.8, 4) is 16.9 Å². The van der Waals surface area contributed by atoms with Crippen LogP contribution < -0.4 is 11.3 Å². The Labute approximate surface area is 146 Å². The molecule has 1 aromatic carbocycles. The van der Waals surface area contributed by atoms with Crippen molar-refractivity contribution in [2.45, 2.75) is 0 Å². The van der Waals surface area contributed by atoms with Crippen LogP contribution >= 0.6 is 23.2 Å². The number of primary amides is 1. The fourth-order valence-corrected chi connectivity index (χ4v) is 2.42. The molecule has 8 heteroatoms. The molecule has 0 saturated heterocycles.